The summed E-state index contributed by atoms with van der Waals surface area (Å²) in [7, 11) is 0. The van der Waals surface area contributed by atoms with Crippen LogP contribution in [0.3, 0.4) is 0 Å². The zero-order chi connectivity index (χ0) is 13.7. The summed E-state index contributed by atoms with van der Waals surface area (Å²) >= 11 is 0. The molecule has 0 N–H and O–H groups in total. The van der Waals surface area contributed by atoms with Crippen LogP contribution in [0.1, 0.15) is 43.7 Å². The van der Waals surface area contributed by atoms with Crippen LogP contribution < -0.4 is 4.74 Å². The van der Waals surface area contributed by atoms with Crippen molar-refractivity contribution in [3.63, 3.8) is 0 Å². The van der Waals surface area contributed by atoms with Crippen LogP contribution in [-0.4, -0.2) is 4.98 Å². The van der Waals surface area contributed by atoms with Crippen molar-refractivity contribution in [3.8, 4) is 11.6 Å². The second-order valence-electron chi connectivity index (χ2n) is 4.86. The molecule has 2 heteroatoms. The van der Waals surface area contributed by atoms with E-state index in [2.05, 4.69) is 31.0 Å². The van der Waals surface area contributed by atoms with E-state index in [1.807, 2.05) is 37.4 Å². The Morgan fingerprint density at radius 3 is 2.21 bits per heavy atom. The number of rotatable bonds is 5. The van der Waals surface area contributed by atoms with E-state index in [1.165, 1.54) is 18.4 Å². The highest BCUT2D eigenvalue weighted by atomic mass is 16.5. The summed E-state index contributed by atoms with van der Waals surface area (Å²) in [5.74, 6) is 2.12. The predicted molar refractivity (Wildman–Crippen MR) is 78.8 cm³/mol. The molecule has 0 saturated heterocycles. The molecule has 0 spiro atoms. The Hall–Kier alpha value is -1.83. The first-order valence-corrected chi connectivity index (χ1v) is 6.93. The molecule has 0 bridgehead atoms. The summed E-state index contributed by atoms with van der Waals surface area (Å²) in [6, 6.07) is 12.2. The number of nitrogens with zero attached hydrogens (tertiary/aromatic N) is 1. The van der Waals surface area contributed by atoms with Gasteiger partial charge in [0.2, 0.25) is 5.88 Å². The molecule has 0 atom stereocenters. The quantitative estimate of drug-likeness (QED) is 0.742. The Morgan fingerprint density at radius 2 is 1.68 bits per heavy atom. The predicted octanol–water partition coefficient (Wildman–Crippen LogP) is 5.09. The molecule has 2 nitrogen and oxygen atoms in total. The molecule has 1 aromatic carbocycles. The summed E-state index contributed by atoms with van der Waals surface area (Å²) < 4.78 is 5.72. The van der Waals surface area contributed by atoms with Gasteiger partial charge in [-0.3, -0.25) is 0 Å². The average Bonchev–Trinajstić information content (AvgIpc) is 2.44. The highest BCUT2D eigenvalue weighted by molar-refractivity contribution is 5.32. The van der Waals surface area contributed by atoms with Gasteiger partial charge in [0.05, 0.1) is 0 Å². The van der Waals surface area contributed by atoms with Crippen molar-refractivity contribution in [3.05, 3.63) is 53.7 Å². The molecule has 0 fully saturated rings. The highest BCUT2D eigenvalue weighted by Gasteiger charge is 2.06. The van der Waals surface area contributed by atoms with Crippen LogP contribution in [0.15, 0.2) is 42.6 Å². The topological polar surface area (TPSA) is 22.1 Å². The number of aromatic nitrogens is 1. The van der Waals surface area contributed by atoms with Crippen molar-refractivity contribution in [2.24, 2.45) is 0 Å². The van der Waals surface area contributed by atoms with Crippen LogP contribution in [-0.2, 0) is 0 Å². The molecule has 19 heavy (non-hydrogen) atoms. The molecule has 1 heterocycles. The van der Waals surface area contributed by atoms with E-state index in [-0.39, 0.29) is 0 Å². The molecule has 0 aliphatic carbocycles. The van der Waals surface area contributed by atoms with Gasteiger partial charge < -0.3 is 4.74 Å². The Balaban J connectivity index is 2.08. The van der Waals surface area contributed by atoms with E-state index >= 15 is 0 Å². The normalized spacial score (nSPS) is 10.7. The summed E-state index contributed by atoms with van der Waals surface area (Å²) in [5.41, 5.74) is 2.52. The summed E-state index contributed by atoms with van der Waals surface area (Å²) in [5, 5.41) is 0. The van der Waals surface area contributed by atoms with Crippen molar-refractivity contribution >= 4 is 0 Å². The van der Waals surface area contributed by atoms with Gasteiger partial charge in [0.1, 0.15) is 5.75 Å². The first kappa shape index (κ1) is 13.6. The van der Waals surface area contributed by atoms with E-state index in [0.29, 0.717) is 11.8 Å². The second-order valence-corrected chi connectivity index (χ2v) is 4.86. The molecular weight excluding hydrogens is 234 g/mol. The smallest absolute Gasteiger partial charge is 0.219 e. The van der Waals surface area contributed by atoms with Crippen LogP contribution in [0.2, 0.25) is 0 Å². The summed E-state index contributed by atoms with van der Waals surface area (Å²) in [6.45, 7) is 6.48. The monoisotopic (exact) mass is 255 g/mol. The van der Waals surface area contributed by atoms with E-state index in [1.54, 1.807) is 0 Å². The lowest BCUT2D eigenvalue weighted by molar-refractivity contribution is 0.462. The zero-order valence-corrected chi connectivity index (χ0v) is 11.9. The van der Waals surface area contributed by atoms with Gasteiger partial charge in [0.25, 0.3) is 0 Å². The Bertz CT molecular complexity index is 498. The zero-order valence-electron chi connectivity index (χ0n) is 11.9. The van der Waals surface area contributed by atoms with Gasteiger partial charge in [-0.05, 0) is 48.9 Å². The van der Waals surface area contributed by atoms with Crippen LogP contribution in [0.25, 0.3) is 0 Å². The first-order chi connectivity index (χ1) is 9.22. The standard InChI is InChI=1S/C17H21NO/c1-4-14(5-2)15-7-9-16(10-8-15)19-17-11-6-13(3)12-18-17/h6-12,14H,4-5H2,1-3H3. The number of aryl methyl sites for hydroxylation is 1. The van der Waals surface area contributed by atoms with Crippen LogP contribution >= 0.6 is 0 Å². The molecule has 0 aliphatic rings. The van der Waals surface area contributed by atoms with Crippen LogP contribution in [0.4, 0.5) is 0 Å². The molecule has 2 aromatic rings. The molecule has 0 aliphatic heterocycles. The minimum absolute atomic E-state index is 0.640. The lowest BCUT2D eigenvalue weighted by Gasteiger charge is -2.13. The van der Waals surface area contributed by atoms with Gasteiger partial charge in [-0.25, -0.2) is 4.98 Å². The molecule has 0 unspecified atom stereocenters. The van der Waals surface area contributed by atoms with Crippen molar-refractivity contribution < 1.29 is 4.74 Å². The van der Waals surface area contributed by atoms with Crippen molar-refractivity contribution in [2.75, 3.05) is 0 Å². The average molecular weight is 255 g/mol. The van der Waals surface area contributed by atoms with Gasteiger partial charge >= 0.3 is 0 Å². The van der Waals surface area contributed by atoms with Gasteiger partial charge in [-0.15, -0.1) is 0 Å². The van der Waals surface area contributed by atoms with Crippen LogP contribution in [0, 0.1) is 6.92 Å². The van der Waals surface area contributed by atoms with Crippen molar-refractivity contribution in [1.29, 1.82) is 0 Å². The third kappa shape index (κ3) is 3.57. The highest BCUT2D eigenvalue weighted by Crippen LogP contribution is 2.26. The molecule has 2 rings (SSSR count). The number of pyridine rings is 1. The maximum atomic E-state index is 5.72. The molecular formula is C17H21NO. The Morgan fingerprint density at radius 1 is 1.00 bits per heavy atom. The lowest BCUT2D eigenvalue weighted by atomic mass is 9.94. The number of ether oxygens (including phenoxy) is 1. The second kappa shape index (κ2) is 6.37. The molecule has 1 aromatic heterocycles. The summed E-state index contributed by atoms with van der Waals surface area (Å²) in [4.78, 5) is 4.24. The number of hydrogen-bond donors (Lipinski definition) is 0. The van der Waals surface area contributed by atoms with Gasteiger partial charge in [-0.1, -0.05) is 32.0 Å². The Kier molecular flexibility index (Phi) is 4.56. The first-order valence-electron chi connectivity index (χ1n) is 6.93. The molecule has 0 saturated carbocycles. The van der Waals surface area contributed by atoms with E-state index in [9.17, 15) is 0 Å². The van der Waals surface area contributed by atoms with E-state index in [0.717, 1.165) is 11.3 Å². The van der Waals surface area contributed by atoms with E-state index < -0.39 is 0 Å². The fourth-order valence-electron chi connectivity index (χ4n) is 2.20. The lowest BCUT2D eigenvalue weighted by Crippen LogP contribution is -1.95. The van der Waals surface area contributed by atoms with Crippen LogP contribution in [0.5, 0.6) is 11.6 Å². The fraction of sp³-hybridized carbons (Fsp3) is 0.353. The SMILES string of the molecule is CCC(CC)c1ccc(Oc2ccc(C)cn2)cc1. The maximum absolute atomic E-state index is 5.72. The maximum Gasteiger partial charge on any atom is 0.219 e. The number of benzene rings is 1. The number of hydrogen-bond acceptors (Lipinski definition) is 2. The minimum Gasteiger partial charge on any atom is -0.439 e. The molecule has 100 valence electrons. The minimum atomic E-state index is 0.640. The Labute approximate surface area is 115 Å². The van der Waals surface area contributed by atoms with Crippen molar-refractivity contribution in [1.82, 2.24) is 4.98 Å². The van der Waals surface area contributed by atoms with Gasteiger partial charge in [-0.2, -0.15) is 0 Å². The molecule has 0 radical (unpaired) electrons. The van der Waals surface area contributed by atoms with Gasteiger partial charge in [0.15, 0.2) is 0 Å². The van der Waals surface area contributed by atoms with Gasteiger partial charge in [0, 0.05) is 12.3 Å². The van der Waals surface area contributed by atoms with E-state index in [4.69, 9.17) is 4.74 Å². The third-order valence-electron chi connectivity index (χ3n) is 3.44. The fourth-order valence-corrected chi connectivity index (χ4v) is 2.20. The largest absolute Gasteiger partial charge is 0.439 e. The molecule has 0 amide bonds. The summed E-state index contributed by atoms with van der Waals surface area (Å²) in [6.07, 6.45) is 4.17. The third-order valence-corrected chi connectivity index (χ3v) is 3.44. The van der Waals surface area contributed by atoms with Crippen molar-refractivity contribution in [2.45, 2.75) is 39.5 Å².